The summed E-state index contributed by atoms with van der Waals surface area (Å²) in [5.41, 5.74) is 1.16. The Kier molecular flexibility index (Phi) is 2.51. The zero-order chi connectivity index (χ0) is 11.1. The second kappa shape index (κ2) is 3.88. The fourth-order valence-corrected chi connectivity index (χ4v) is 3.74. The highest BCUT2D eigenvalue weighted by molar-refractivity contribution is 5.07. The Labute approximate surface area is 96.5 Å². The van der Waals surface area contributed by atoms with Crippen LogP contribution < -0.4 is 0 Å². The van der Waals surface area contributed by atoms with Crippen molar-refractivity contribution in [2.75, 3.05) is 0 Å². The van der Waals surface area contributed by atoms with Gasteiger partial charge in [0.05, 0.1) is 12.3 Å². The van der Waals surface area contributed by atoms with Crippen molar-refractivity contribution in [1.82, 2.24) is 9.78 Å². The maximum atomic E-state index is 10.3. The Hall–Kier alpha value is -0.830. The average Bonchev–Trinajstić information content (AvgIpc) is 2.93. The largest absolute Gasteiger partial charge is 0.392 e. The van der Waals surface area contributed by atoms with E-state index in [1.54, 1.807) is 0 Å². The molecule has 0 aliphatic heterocycles. The maximum absolute atomic E-state index is 10.3. The summed E-state index contributed by atoms with van der Waals surface area (Å²) < 4.78 is 1.81. The van der Waals surface area contributed by atoms with Crippen molar-refractivity contribution in [2.24, 2.45) is 24.8 Å². The fraction of sp³-hybridized carbons (Fsp3) is 0.769. The molecule has 2 bridgehead atoms. The SMILES string of the molecule is Cn1cc(CC(O)C2CC3CCC2C3)cn1. The summed E-state index contributed by atoms with van der Waals surface area (Å²) in [4.78, 5) is 0. The summed E-state index contributed by atoms with van der Waals surface area (Å²) in [7, 11) is 1.92. The first-order valence-corrected chi connectivity index (χ1v) is 6.38. The van der Waals surface area contributed by atoms with Gasteiger partial charge < -0.3 is 5.11 Å². The third kappa shape index (κ3) is 1.77. The molecule has 1 aromatic heterocycles. The Morgan fingerprint density at radius 1 is 1.50 bits per heavy atom. The van der Waals surface area contributed by atoms with E-state index in [0.717, 1.165) is 23.8 Å². The van der Waals surface area contributed by atoms with Gasteiger partial charge in [0, 0.05) is 19.7 Å². The van der Waals surface area contributed by atoms with Crippen molar-refractivity contribution in [3.8, 4) is 0 Å². The van der Waals surface area contributed by atoms with E-state index in [1.807, 2.05) is 24.1 Å². The van der Waals surface area contributed by atoms with E-state index in [-0.39, 0.29) is 6.10 Å². The first kappa shape index (κ1) is 10.3. The molecule has 2 saturated carbocycles. The summed E-state index contributed by atoms with van der Waals surface area (Å²) >= 11 is 0. The number of aromatic nitrogens is 2. The fourth-order valence-electron chi connectivity index (χ4n) is 3.74. The predicted molar refractivity (Wildman–Crippen MR) is 61.9 cm³/mol. The van der Waals surface area contributed by atoms with Crippen LogP contribution in [-0.4, -0.2) is 21.0 Å². The Balaban J connectivity index is 1.63. The highest BCUT2D eigenvalue weighted by Crippen LogP contribution is 2.49. The molecule has 3 rings (SSSR count). The Bertz CT molecular complexity index is 374. The molecule has 3 nitrogen and oxygen atoms in total. The van der Waals surface area contributed by atoms with Crippen molar-refractivity contribution < 1.29 is 5.11 Å². The molecule has 0 radical (unpaired) electrons. The topological polar surface area (TPSA) is 38.0 Å². The van der Waals surface area contributed by atoms with Crippen LogP contribution in [0.3, 0.4) is 0 Å². The molecule has 2 aliphatic carbocycles. The Morgan fingerprint density at radius 2 is 2.38 bits per heavy atom. The molecule has 3 heteroatoms. The summed E-state index contributed by atoms with van der Waals surface area (Å²) in [6, 6.07) is 0. The number of hydrogen-bond donors (Lipinski definition) is 1. The Morgan fingerprint density at radius 3 is 2.94 bits per heavy atom. The number of nitrogens with zero attached hydrogens (tertiary/aromatic N) is 2. The lowest BCUT2D eigenvalue weighted by Gasteiger charge is -2.26. The van der Waals surface area contributed by atoms with E-state index in [9.17, 15) is 5.11 Å². The monoisotopic (exact) mass is 220 g/mol. The van der Waals surface area contributed by atoms with Crippen molar-refractivity contribution >= 4 is 0 Å². The van der Waals surface area contributed by atoms with Gasteiger partial charge >= 0.3 is 0 Å². The van der Waals surface area contributed by atoms with Crippen molar-refractivity contribution in [3.63, 3.8) is 0 Å². The molecule has 1 N–H and O–H groups in total. The molecule has 0 saturated heterocycles. The number of hydrogen-bond acceptors (Lipinski definition) is 2. The quantitative estimate of drug-likeness (QED) is 0.843. The third-order valence-corrected chi connectivity index (χ3v) is 4.49. The van der Waals surface area contributed by atoms with Crippen LogP contribution >= 0.6 is 0 Å². The number of aliphatic hydroxyl groups is 1. The molecule has 4 unspecified atom stereocenters. The van der Waals surface area contributed by atoms with Crippen LogP contribution in [-0.2, 0) is 13.5 Å². The highest BCUT2D eigenvalue weighted by Gasteiger charge is 2.42. The molecule has 1 aromatic rings. The van der Waals surface area contributed by atoms with Gasteiger partial charge in [-0.25, -0.2) is 0 Å². The van der Waals surface area contributed by atoms with E-state index in [4.69, 9.17) is 0 Å². The van der Waals surface area contributed by atoms with E-state index >= 15 is 0 Å². The molecule has 1 heterocycles. The van der Waals surface area contributed by atoms with E-state index < -0.39 is 0 Å². The van der Waals surface area contributed by atoms with Crippen LogP contribution in [0, 0.1) is 17.8 Å². The molecular formula is C13H20N2O. The van der Waals surface area contributed by atoms with Gasteiger partial charge in [0.2, 0.25) is 0 Å². The summed E-state index contributed by atoms with van der Waals surface area (Å²) in [5, 5.41) is 14.4. The van der Waals surface area contributed by atoms with Crippen molar-refractivity contribution in [1.29, 1.82) is 0 Å². The van der Waals surface area contributed by atoms with E-state index in [0.29, 0.717) is 5.92 Å². The molecule has 88 valence electrons. The minimum absolute atomic E-state index is 0.153. The molecule has 2 fully saturated rings. The second-order valence-corrected chi connectivity index (χ2v) is 5.63. The normalized spacial score (nSPS) is 34.5. The molecular weight excluding hydrogens is 200 g/mol. The van der Waals surface area contributed by atoms with Gasteiger partial charge in [-0.3, -0.25) is 4.68 Å². The summed E-state index contributed by atoms with van der Waals surface area (Å²) in [6.45, 7) is 0. The van der Waals surface area contributed by atoms with Crippen LogP contribution in [0.1, 0.15) is 31.2 Å². The number of rotatable bonds is 3. The lowest BCUT2D eigenvalue weighted by Crippen LogP contribution is -2.27. The molecule has 0 aromatic carbocycles. The van der Waals surface area contributed by atoms with Crippen molar-refractivity contribution in [2.45, 2.75) is 38.2 Å². The minimum atomic E-state index is -0.153. The van der Waals surface area contributed by atoms with E-state index in [2.05, 4.69) is 5.10 Å². The van der Waals surface area contributed by atoms with Gasteiger partial charge in [0.25, 0.3) is 0 Å². The standard InChI is InChI=1S/C13H20N2O/c1-15-8-10(7-14-15)6-13(16)12-5-9-2-3-11(12)4-9/h7-9,11-13,16H,2-6H2,1H3. The predicted octanol–water partition coefficient (Wildman–Crippen LogP) is 1.76. The van der Waals surface area contributed by atoms with Crippen LogP contribution in [0.4, 0.5) is 0 Å². The zero-order valence-electron chi connectivity index (χ0n) is 9.84. The third-order valence-electron chi connectivity index (χ3n) is 4.49. The van der Waals surface area contributed by atoms with Crippen LogP contribution in [0.15, 0.2) is 12.4 Å². The lowest BCUT2D eigenvalue weighted by molar-refractivity contribution is 0.0751. The van der Waals surface area contributed by atoms with Crippen LogP contribution in [0.25, 0.3) is 0 Å². The molecule has 2 aliphatic rings. The smallest absolute Gasteiger partial charge is 0.0612 e. The number of aliphatic hydroxyl groups excluding tert-OH is 1. The first-order valence-electron chi connectivity index (χ1n) is 6.38. The highest BCUT2D eigenvalue weighted by atomic mass is 16.3. The van der Waals surface area contributed by atoms with Gasteiger partial charge in [-0.2, -0.15) is 5.10 Å². The molecule has 16 heavy (non-hydrogen) atoms. The summed E-state index contributed by atoms with van der Waals surface area (Å²) in [6.07, 6.45) is 9.88. The van der Waals surface area contributed by atoms with Gasteiger partial charge in [0.1, 0.15) is 0 Å². The van der Waals surface area contributed by atoms with Crippen LogP contribution in [0.5, 0.6) is 0 Å². The second-order valence-electron chi connectivity index (χ2n) is 5.63. The molecule has 0 spiro atoms. The van der Waals surface area contributed by atoms with Gasteiger partial charge in [0.15, 0.2) is 0 Å². The number of fused-ring (bicyclic) bond motifs is 2. The lowest BCUT2D eigenvalue weighted by atomic mass is 9.83. The van der Waals surface area contributed by atoms with E-state index in [1.165, 1.54) is 25.7 Å². The summed E-state index contributed by atoms with van der Waals surface area (Å²) in [5.74, 6) is 2.27. The minimum Gasteiger partial charge on any atom is -0.392 e. The number of aryl methyl sites for hydroxylation is 1. The van der Waals surface area contributed by atoms with Gasteiger partial charge in [-0.15, -0.1) is 0 Å². The average molecular weight is 220 g/mol. The molecule has 4 atom stereocenters. The van der Waals surface area contributed by atoms with Crippen molar-refractivity contribution in [3.05, 3.63) is 18.0 Å². The first-order chi connectivity index (χ1) is 7.72. The van der Waals surface area contributed by atoms with Gasteiger partial charge in [-0.05, 0) is 42.6 Å². The molecule has 0 amide bonds. The maximum Gasteiger partial charge on any atom is 0.0612 e. The van der Waals surface area contributed by atoms with Gasteiger partial charge in [-0.1, -0.05) is 6.42 Å². The van der Waals surface area contributed by atoms with Crippen LogP contribution in [0.2, 0.25) is 0 Å². The zero-order valence-corrected chi connectivity index (χ0v) is 9.84.